The van der Waals surface area contributed by atoms with E-state index in [4.69, 9.17) is 10.5 Å². The quantitative estimate of drug-likeness (QED) is 0.323. The van der Waals surface area contributed by atoms with Crippen molar-refractivity contribution in [2.45, 2.75) is 24.9 Å². The summed E-state index contributed by atoms with van der Waals surface area (Å²) in [7, 11) is 1.42. The largest absolute Gasteiger partial charge is 0.496 e. The standard InChI is InChI=1S/C30H27FN6O3/c1-40-28-4-2-3-24(31)29(28)30-35-10-8-25(36-30)27(39)12-19-6-5-18(23-7-9-34-15-20(23)14-32)11-26(19)37-16-21(33)13-22(37)17-38/h2-11,15,21-22,38H,12-13,16-17,33H2,1H3/t21-,22-/m0/s1. The number of aromatic nitrogens is 3. The Hall–Kier alpha value is -4.72. The zero-order chi connectivity index (χ0) is 28.2. The number of nitriles is 1. The number of pyridine rings is 1. The summed E-state index contributed by atoms with van der Waals surface area (Å²) in [6.45, 7) is 0.409. The number of aliphatic hydroxyl groups is 1. The average molecular weight is 539 g/mol. The molecule has 0 amide bonds. The summed E-state index contributed by atoms with van der Waals surface area (Å²) in [5.74, 6) is -0.548. The summed E-state index contributed by atoms with van der Waals surface area (Å²) in [6, 6.07) is 15.1. The van der Waals surface area contributed by atoms with E-state index in [0.29, 0.717) is 29.7 Å². The van der Waals surface area contributed by atoms with Gasteiger partial charge < -0.3 is 20.5 Å². The van der Waals surface area contributed by atoms with Gasteiger partial charge in [0, 0.05) is 48.8 Å². The third-order valence-corrected chi connectivity index (χ3v) is 7.02. The Kier molecular flexibility index (Phi) is 7.77. The zero-order valence-corrected chi connectivity index (χ0v) is 21.8. The van der Waals surface area contributed by atoms with Gasteiger partial charge in [0.15, 0.2) is 11.6 Å². The van der Waals surface area contributed by atoms with E-state index < -0.39 is 5.82 Å². The minimum Gasteiger partial charge on any atom is -0.496 e. The summed E-state index contributed by atoms with van der Waals surface area (Å²) in [5, 5.41) is 19.7. The Morgan fingerprint density at radius 1 is 1.25 bits per heavy atom. The van der Waals surface area contributed by atoms with Crippen molar-refractivity contribution >= 4 is 11.5 Å². The number of hydrogen-bond acceptors (Lipinski definition) is 9. The van der Waals surface area contributed by atoms with Gasteiger partial charge in [0.1, 0.15) is 23.3 Å². The maximum atomic E-state index is 14.7. The molecule has 0 radical (unpaired) electrons. The van der Waals surface area contributed by atoms with Gasteiger partial charge in [0.05, 0.1) is 30.9 Å². The van der Waals surface area contributed by atoms with Crippen molar-refractivity contribution in [1.29, 1.82) is 5.26 Å². The van der Waals surface area contributed by atoms with E-state index in [9.17, 15) is 19.6 Å². The molecule has 0 spiro atoms. The molecule has 10 heteroatoms. The van der Waals surface area contributed by atoms with Crippen molar-refractivity contribution in [3.63, 3.8) is 0 Å². The van der Waals surface area contributed by atoms with Crippen LogP contribution in [0.3, 0.4) is 0 Å². The van der Waals surface area contributed by atoms with Crippen LogP contribution < -0.4 is 15.4 Å². The van der Waals surface area contributed by atoms with Gasteiger partial charge in [0.2, 0.25) is 0 Å². The Labute approximate surface area is 230 Å². The minimum atomic E-state index is -0.560. The number of methoxy groups -OCH3 is 1. The molecule has 9 nitrogen and oxygen atoms in total. The van der Waals surface area contributed by atoms with E-state index >= 15 is 0 Å². The summed E-state index contributed by atoms with van der Waals surface area (Å²) in [4.78, 5) is 28.1. The smallest absolute Gasteiger partial charge is 0.185 e. The number of ketones is 1. The molecule has 1 aliphatic heterocycles. The Balaban J connectivity index is 1.53. The lowest BCUT2D eigenvalue weighted by Gasteiger charge is -2.28. The van der Waals surface area contributed by atoms with Crippen molar-refractivity contribution in [2.75, 3.05) is 25.2 Å². The molecule has 0 saturated carbocycles. The predicted octanol–water partition coefficient (Wildman–Crippen LogP) is 3.55. The Morgan fingerprint density at radius 2 is 2.10 bits per heavy atom. The molecular weight excluding hydrogens is 511 g/mol. The molecule has 0 bridgehead atoms. The monoisotopic (exact) mass is 538 g/mol. The Bertz CT molecular complexity index is 1600. The second-order valence-corrected chi connectivity index (χ2v) is 9.54. The summed E-state index contributed by atoms with van der Waals surface area (Å²) in [6.07, 6.45) is 5.14. The molecule has 202 valence electrons. The van der Waals surface area contributed by atoms with Gasteiger partial charge >= 0.3 is 0 Å². The van der Waals surface area contributed by atoms with Gasteiger partial charge in [-0.15, -0.1) is 0 Å². The first-order valence-electron chi connectivity index (χ1n) is 12.7. The lowest BCUT2D eigenvalue weighted by atomic mass is 9.96. The first-order valence-corrected chi connectivity index (χ1v) is 12.7. The number of nitrogens with two attached hydrogens (primary N) is 1. The van der Waals surface area contributed by atoms with Crippen LogP contribution in [0.4, 0.5) is 10.1 Å². The topological polar surface area (TPSA) is 138 Å². The van der Waals surface area contributed by atoms with Crippen molar-refractivity contribution in [1.82, 2.24) is 15.0 Å². The number of carbonyl (C=O) groups excluding carboxylic acids is 1. The van der Waals surface area contributed by atoms with Crippen molar-refractivity contribution in [2.24, 2.45) is 5.73 Å². The first kappa shape index (κ1) is 26.9. The van der Waals surface area contributed by atoms with Crippen LogP contribution in [0.15, 0.2) is 67.1 Å². The van der Waals surface area contributed by atoms with Crippen molar-refractivity contribution < 1.29 is 19.0 Å². The summed E-state index contributed by atoms with van der Waals surface area (Å²) >= 11 is 0. The summed E-state index contributed by atoms with van der Waals surface area (Å²) in [5.41, 5.74) is 9.80. The second kappa shape index (κ2) is 11.6. The lowest BCUT2D eigenvalue weighted by Crippen LogP contribution is -2.34. The van der Waals surface area contributed by atoms with Crippen LogP contribution in [0.5, 0.6) is 5.75 Å². The fraction of sp³-hybridized carbons (Fsp3) is 0.233. The predicted molar refractivity (Wildman–Crippen MR) is 147 cm³/mol. The van der Waals surface area contributed by atoms with Crippen LogP contribution >= 0.6 is 0 Å². The van der Waals surface area contributed by atoms with Gasteiger partial charge in [0.25, 0.3) is 0 Å². The number of benzene rings is 2. The Morgan fingerprint density at radius 3 is 2.88 bits per heavy atom. The SMILES string of the molecule is COc1cccc(F)c1-c1nccc(C(=O)Cc2ccc(-c3ccncc3C#N)cc2N2C[C@@H](N)C[C@H]2CO)n1. The van der Waals surface area contributed by atoms with Gasteiger partial charge in [-0.1, -0.05) is 18.2 Å². The highest BCUT2D eigenvalue weighted by molar-refractivity contribution is 5.97. The molecule has 0 aliphatic carbocycles. The molecule has 0 unspecified atom stereocenters. The molecule has 3 heterocycles. The van der Waals surface area contributed by atoms with E-state index in [-0.39, 0.29) is 53.7 Å². The van der Waals surface area contributed by atoms with Crippen LogP contribution in [0.25, 0.3) is 22.5 Å². The van der Waals surface area contributed by atoms with Crippen LogP contribution in [-0.2, 0) is 6.42 Å². The van der Waals surface area contributed by atoms with Crippen LogP contribution in [0, 0.1) is 17.1 Å². The van der Waals surface area contributed by atoms with Gasteiger partial charge in [-0.25, -0.2) is 14.4 Å². The molecule has 2 atom stereocenters. The van der Waals surface area contributed by atoms with Crippen molar-refractivity contribution in [3.05, 3.63) is 89.8 Å². The van der Waals surface area contributed by atoms with E-state index in [1.54, 1.807) is 18.3 Å². The number of halogens is 1. The second-order valence-electron chi connectivity index (χ2n) is 9.54. The fourth-order valence-corrected chi connectivity index (χ4v) is 5.09. The molecule has 1 saturated heterocycles. The highest BCUT2D eigenvalue weighted by Gasteiger charge is 2.31. The number of aliphatic hydroxyl groups excluding tert-OH is 1. The molecule has 2 aromatic heterocycles. The zero-order valence-electron chi connectivity index (χ0n) is 21.8. The molecule has 1 fully saturated rings. The number of nitrogens with zero attached hydrogens (tertiary/aromatic N) is 5. The summed E-state index contributed by atoms with van der Waals surface area (Å²) < 4.78 is 19.9. The molecule has 3 N–H and O–H groups in total. The molecule has 2 aromatic carbocycles. The number of hydrogen-bond donors (Lipinski definition) is 2. The van der Waals surface area contributed by atoms with Gasteiger partial charge in [-0.3, -0.25) is 9.78 Å². The van der Waals surface area contributed by atoms with Crippen LogP contribution in [0.2, 0.25) is 0 Å². The van der Waals surface area contributed by atoms with E-state index in [2.05, 4.69) is 21.0 Å². The molecule has 1 aliphatic rings. The van der Waals surface area contributed by atoms with E-state index in [1.807, 2.05) is 23.1 Å². The highest BCUT2D eigenvalue weighted by Crippen LogP contribution is 2.35. The lowest BCUT2D eigenvalue weighted by molar-refractivity contribution is 0.0988. The van der Waals surface area contributed by atoms with E-state index in [0.717, 1.165) is 11.3 Å². The number of ether oxygens (including phenoxy) is 1. The molecule has 5 rings (SSSR count). The van der Waals surface area contributed by atoms with Gasteiger partial charge in [-0.2, -0.15) is 5.26 Å². The number of anilines is 1. The van der Waals surface area contributed by atoms with Crippen LogP contribution in [-0.4, -0.2) is 58.2 Å². The maximum Gasteiger partial charge on any atom is 0.185 e. The molecule has 4 aromatic rings. The molecule has 40 heavy (non-hydrogen) atoms. The third kappa shape index (κ3) is 5.25. The number of carbonyl (C=O) groups is 1. The fourth-order valence-electron chi connectivity index (χ4n) is 5.09. The minimum absolute atomic E-state index is 0.00812. The highest BCUT2D eigenvalue weighted by atomic mass is 19.1. The first-order chi connectivity index (χ1) is 19.4. The van der Waals surface area contributed by atoms with Crippen molar-refractivity contribution in [3.8, 4) is 34.3 Å². The van der Waals surface area contributed by atoms with Crippen LogP contribution in [0.1, 0.15) is 28.0 Å². The normalized spacial score (nSPS) is 16.5. The number of Topliss-reactive ketones (excluding diaryl/α,β-unsaturated/α-hetero) is 1. The molecular formula is C30H27FN6O3. The number of rotatable bonds is 8. The van der Waals surface area contributed by atoms with E-state index in [1.165, 1.54) is 37.7 Å². The average Bonchev–Trinajstić information content (AvgIpc) is 3.37. The maximum absolute atomic E-state index is 14.7. The van der Waals surface area contributed by atoms with Gasteiger partial charge in [-0.05, 0) is 47.9 Å². The third-order valence-electron chi connectivity index (χ3n) is 7.02.